The van der Waals surface area contributed by atoms with Crippen LogP contribution in [0.4, 0.5) is 47.7 Å². The van der Waals surface area contributed by atoms with Gasteiger partial charge in [0.15, 0.2) is 11.5 Å². The van der Waals surface area contributed by atoms with E-state index in [0.717, 1.165) is 16.8 Å². The number of anilines is 5. The molecule has 0 aromatic carbocycles. The number of ether oxygens (including phenoxy) is 3. The Kier molecular flexibility index (Phi) is 12.4. The van der Waals surface area contributed by atoms with Gasteiger partial charge in [-0.2, -0.15) is 15.1 Å². The Hall–Kier alpha value is -7.43. The summed E-state index contributed by atoms with van der Waals surface area (Å²) in [5.41, 5.74) is 4.88. The van der Waals surface area contributed by atoms with Crippen molar-refractivity contribution in [3.63, 3.8) is 0 Å². The molecule has 7 atom stereocenters. The highest BCUT2D eigenvalue weighted by Crippen LogP contribution is 2.40. The van der Waals surface area contributed by atoms with Gasteiger partial charge in [-0.1, -0.05) is 6.07 Å². The highest BCUT2D eigenvalue weighted by molar-refractivity contribution is 5.80. The minimum Gasteiger partial charge on any atom is -0.443 e. The largest absolute Gasteiger partial charge is 0.443 e. The molecule has 3 fully saturated rings. The van der Waals surface area contributed by atoms with E-state index in [1.54, 1.807) is 41.5 Å². The van der Waals surface area contributed by atoms with Crippen LogP contribution in [-0.2, 0) is 14.2 Å². The number of nitrogens with zero attached hydrogens (tertiary/aromatic N) is 10. The summed E-state index contributed by atoms with van der Waals surface area (Å²) >= 11 is 0. The predicted octanol–water partition coefficient (Wildman–Crippen LogP) is 6.44. The Morgan fingerprint density at radius 2 is 1.55 bits per heavy atom. The van der Waals surface area contributed by atoms with Crippen LogP contribution in [0.3, 0.4) is 0 Å². The van der Waals surface area contributed by atoms with Gasteiger partial charge in [0.05, 0.1) is 30.6 Å². The van der Waals surface area contributed by atoms with Gasteiger partial charge in [0, 0.05) is 96.6 Å². The first-order chi connectivity index (χ1) is 33.4. The number of aromatic amines is 2. The molecule has 0 spiro atoms. The average molecular weight is 950 g/mol. The number of alkyl carbamates (subject to hydrolysis) is 2. The summed E-state index contributed by atoms with van der Waals surface area (Å²) in [6.07, 6.45) is 5.51. The molecule has 3 aliphatic rings. The molecule has 7 aromatic rings. The maximum Gasteiger partial charge on any atom is 0.407 e. The smallest absolute Gasteiger partial charge is 0.407 e. The van der Waals surface area contributed by atoms with Crippen LogP contribution in [0.15, 0.2) is 67.5 Å². The van der Waals surface area contributed by atoms with Crippen LogP contribution in [0.2, 0.25) is 0 Å². The molecule has 10 rings (SSSR count). The Bertz CT molecular complexity index is 2960. The topological polar surface area (TPSA) is 235 Å². The zero-order valence-corrected chi connectivity index (χ0v) is 38.8. The third kappa shape index (κ3) is 9.29. The van der Waals surface area contributed by atoms with Crippen LogP contribution in [0, 0.1) is 6.92 Å². The number of amides is 2. The number of nitrogens with one attached hydrogen (secondary N) is 6. The Morgan fingerprint density at radius 1 is 0.855 bits per heavy atom. The molecule has 2 aliphatic carbocycles. The predicted molar refractivity (Wildman–Crippen MR) is 248 cm³/mol. The fourth-order valence-corrected chi connectivity index (χ4v) is 9.52. The fraction of sp³-hybridized carbons (Fsp3) is 0.457. The lowest BCUT2D eigenvalue weighted by Gasteiger charge is -2.32. The number of carbonyl (C=O) groups excluding carboxylic acids is 2. The standard InChI is InChI=1S/C46H54F2N16O5/c1-24(2)52-45(65)68-32-10-8-28(40(32)47)30-19-34(59-58-30)55-44-56-36(21-35-50-13-15-62(35)44)61-17-18-67-38(23-61)64-37(20-31(60-64)29-9-11-33(41(29)48)69-46(66)53-25(3)4)57-43-54-26(5)39(27-7-6-12-49-22-27)42-51-14-16-63(42)43/h6-7,12-16,19-22,24-25,28-29,32-33,38,40-41H,8-11,17-18,23H2,1-5H3,(H5,50,51,52,53,54,55,56,57,58,59,60,65,66)/p+1/t28-,29-,32-,33-,38?,40-,41-/m0/s1. The monoisotopic (exact) mass is 949 g/mol. The second kappa shape index (κ2) is 18.9. The normalized spacial score (nSPS) is 22.7. The molecular formula is C46H55F2N16O5+. The first kappa shape index (κ1) is 45.4. The number of imidazole rings is 2. The van der Waals surface area contributed by atoms with Crippen LogP contribution >= 0.6 is 0 Å². The number of hydrogen-bond donors (Lipinski definition) is 6. The number of aromatic nitrogens is 11. The highest BCUT2D eigenvalue weighted by Gasteiger charge is 2.44. The zero-order valence-electron chi connectivity index (χ0n) is 38.8. The molecule has 8 heterocycles. The molecule has 2 amide bonds. The van der Waals surface area contributed by atoms with Gasteiger partial charge in [0.2, 0.25) is 12.2 Å². The number of carbonyl (C=O) groups is 2. The van der Waals surface area contributed by atoms with Crippen molar-refractivity contribution in [3.05, 3.63) is 84.6 Å². The molecule has 2 saturated carbocycles. The van der Waals surface area contributed by atoms with Gasteiger partial charge in [0.1, 0.15) is 36.0 Å². The lowest BCUT2D eigenvalue weighted by molar-refractivity contribution is -0.796. The van der Waals surface area contributed by atoms with E-state index in [-0.39, 0.29) is 12.1 Å². The van der Waals surface area contributed by atoms with Crippen LogP contribution in [0.5, 0.6) is 0 Å². The van der Waals surface area contributed by atoms with E-state index in [4.69, 9.17) is 24.2 Å². The third-order valence-electron chi connectivity index (χ3n) is 12.7. The lowest BCUT2D eigenvalue weighted by atomic mass is 10.0. The summed E-state index contributed by atoms with van der Waals surface area (Å²) in [5, 5.41) is 23.0. The number of hydrogen-bond acceptors (Lipinski definition) is 14. The molecule has 1 unspecified atom stereocenters. The number of aryl methyl sites for hydroxylation is 1. The molecule has 1 aliphatic heterocycles. The Labute approximate surface area is 394 Å². The number of rotatable bonds is 13. The summed E-state index contributed by atoms with van der Waals surface area (Å²) in [6.45, 7) is 10.3. The number of pyridine rings is 1. The average Bonchev–Trinajstić information content (AvgIpc) is 4.19. The van der Waals surface area contributed by atoms with E-state index in [9.17, 15) is 9.59 Å². The quantitative estimate of drug-likeness (QED) is 0.0683. The number of morpholine rings is 1. The van der Waals surface area contributed by atoms with E-state index in [1.807, 2.05) is 74.2 Å². The summed E-state index contributed by atoms with van der Waals surface area (Å²) < 4.78 is 54.9. The maximum absolute atomic E-state index is 16.4. The van der Waals surface area contributed by atoms with E-state index < -0.39 is 54.8 Å². The molecule has 6 N–H and O–H groups in total. The Balaban J connectivity index is 0.924. The lowest BCUT2D eigenvalue weighted by Crippen LogP contribution is -2.54. The minimum atomic E-state index is -1.47. The Morgan fingerprint density at radius 3 is 2.26 bits per heavy atom. The van der Waals surface area contributed by atoms with Crippen molar-refractivity contribution in [1.29, 1.82) is 0 Å². The van der Waals surface area contributed by atoms with Gasteiger partial charge in [-0.15, -0.1) is 4.68 Å². The van der Waals surface area contributed by atoms with Gasteiger partial charge in [0.25, 0.3) is 0 Å². The molecule has 0 bridgehead atoms. The molecule has 1 saturated heterocycles. The minimum absolute atomic E-state index is 0.129. The highest BCUT2D eigenvalue weighted by atomic mass is 19.1. The second-order valence-corrected chi connectivity index (χ2v) is 18.3. The first-order valence-electron chi connectivity index (χ1n) is 23.3. The molecule has 21 nitrogen and oxygen atoms in total. The summed E-state index contributed by atoms with van der Waals surface area (Å²) in [5.74, 6) is 1.29. The van der Waals surface area contributed by atoms with Crippen LogP contribution in [0.1, 0.15) is 88.5 Å². The van der Waals surface area contributed by atoms with E-state index >= 15 is 8.78 Å². The molecule has 23 heteroatoms. The van der Waals surface area contributed by atoms with E-state index in [2.05, 4.69) is 56.4 Å². The van der Waals surface area contributed by atoms with Crippen molar-refractivity contribution in [2.75, 3.05) is 35.2 Å². The molecule has 7 aromatic heterocycles. The van der Waals surface area contributed by atoms with Crippen molar-refractivity contribution in [3.8, 4) is 11.1 Å². The van der Waals surface area contributed by atoms with Gasteiger partial charge < -0.3 is 35.1 Å². The summed E-state index contributed by atoms with van der Waals surface area (Å²) in [6, 6.07) is 9.02. The van der Waals surface area contributed by atoms with E-state index in [0.29, 0.717) is 97.4 Å². The molecule has 69 heavy (non-hydrogen) atoms. The van der Waals surface area contributed by atoms with Crippen LogP contribution < -0.4 is 30.8 Å². The molecule has 0 radical (unpaired) electrons. The first-order valence-corrected chi connectivity index (χ1v) is 23.3. The summed E-state index contributed by atoms with van der Waals surface area (Å²) in [7, 11) is 0. The van der Waals surface area contributed by atoms with Crippen molar-refractivity contribution in [1.82, 2.24) is 59.7 Å². The van der Waals surface area contributed by atoms with Crippen molar-refractivity contribution in [2.45, 2.75) is 115 Å². The molecular weight excluding hydrogens is 895 g/mol. The van der Waals surface area contributed by atoms with Gasteiger partial charge >= 0.3 is 24.0 Å². The van der Waals surface area contributed by atoms with Gasteiger partial charge in [-0.25, -0.2) is 43.2 Å². The van der Waals surface area contributed by atoms with Crippen LogP contribution in [0.25, 0.3) is 22.4 Å². The SMILES string of the molecule is Cc1nc(Nc2cc([C@@H]3CC[C@H](OC(=O)NC(C)C)[C@H]3F)[nH][n+]2C2CN(c3cc4nccn4c(Nc4cc([C@@H]5CC[C@H](OC(=O)NC(C)C)[C@H]5F)[nH]n4)n3)CCO2)n2ccnc2c1-c1cccnc1. The second-order valence-electron chi connectivity index (χ2n) is 18.3. The third-order valence-corrected chi connectivity index (χ3v) is 12.7. The zero-order chi connectivity index (χ0) is 47.9. The van der Waals surface area contributed by atoms with Crippen molar-refractivity contribution >= 4 is 52.8 Å². The van der Waals surface area contributed by atoms with E-state index in [1.165, 1.54) is 0 Å². The number of fused-ring (bicyclic) bond motifs is 2. The van der Waals surface area contributed by atoms with Crippen molar-refractivity contribution < 1.29 is 37.3 Å². The molecule has 362 valence electrons. The fourth-order valence-electron chi connectivity index (χ4n) is 9.52. The summed E-state index contributed by atoms with van der Waals surface area (Å²) in [4.78, 5) is 50.4. The van der Waals surface area contributed by atoms with Crippen molar-refractivity contribution in [2.24, 2.45) is 0 Å². The number of halogens is 2. The maximum atomic E-state index is 16.4. The van der Waals surface area contributed by atoms with Gasteiger partial charge in [-0.05, 0) is 66.4 Å². The van der Waals surface area contributed by atoms with Gasteiger partial charge in [-0.3, -0.25) is 14.5 Å². The number of alkyl halides is 2. The van der Waals surface area contributed by atoms with Crippen LogP contribution in [-0.4, -0.2) is 118 Å². The number of H-pyrrole nitrogens is 2.